The van der Waals surface area contributed by atoms with Crippen molar-refractivity contribution >= 4 is 0 Å². The number of hydrogen-bond acceptors (Lipinski definition) is 3. The number of hydrogen-bond donors (Lipinski definition) is 1. The SMILES string of the molecule is COc1cccc(CNCCCC2CC2)c1OC(F)F. The Balaban J connectivity index is 1.87. The molecule has 0 aromatic heterocycles. The first kappa shape index (κ1) is 15.0. The fourth-order valence-corrected chi connectivity index (χ4v) is 2.23. The molecule has 2 rings (SSSR count). The van der Waals surface area contributed by atoms with E-state index in [1.165, 1.54) is 26.4 Å². The van der Waals surface area contributed by atoms with Crippen molar-refractivity contribution in [3.63, 3.8) is 0 Å². The highest BCUT2D eigenvalue weighted by atomic mass is 19.3. The van der Waals surface area contributed by atoms with Gasteiger partial charge in [-0.2, -0.15) is 8.78 Å². The van der Waals surface area contributed by atoms with Gasteiger partial charge in [0.2, 0.25) is 0 Å². The van der Waals surface area contributed by atoms with Crippen molar-refractivity contribution in [3.05, 3.63) is 23.8 Å². The molecule has 0 bridgehead atoms. The van der Waals surface area contributed by atoms with Crippen molar-refractivity contribution < 1.29 is 18.3 Å². The number of alkyl halides is 2. The van der Waals surface area contributed by atoms with E-state index in [0.29, 0.717) is 17.9 Å². The lowest BCUT2D eigenvalue weighted by Crippen LogP contribution is -2.16. The van der Waals surface area contributed by atoms with Crippen molar-refractivity contribution in [1.82, 2.24) is 5.32 Å². The minimum atomic E-state index is -2.85. The zero-order valence-electron chi connectivity index (χ0n) is 11.7. The minimum Gasteiger partial charge on any atom is -0.493 e. The Labute approximate surface area is 118 Å². The number of halogens is 2. The summed E-state index contributed by atoms with van der Waals surface area (Å²) in [5.74, 6) is 1.38. The van der Waals surface area contributed by atoms with Gasteiger partial charge in [0.1, 0.15) is 0 Å². The fraction of sp³-hybridized carbons (Fsp3) is 0.600. The molecule has 0 heterocycles. The second-order valence-electron chi connectivity index (χ2n) is 5.09. The number of benzene rings is 1. The monoisotopic (exact) mass is 285 g/mol. The maximum absolute atomic E-state index is 12.5. The van der Waals surface area contributed by atoms with E-state index in [0.717, 1.165) is 18.9 Å². The van der Waals surface area contributed by atoms with E-state index in [1.54, 1.807) is 18.2 Å². The van der Waals surface area contributed by atoms with Gasteiger partial charge < -0.3 is 14.8 Å². The Morgan fingerprint density at radius 1 is 1.35 bits per heavy atom. The largest absolute Gasteiger partial charge is 0.493 e. The van der Waals surface area contributed by atoms with Crippen LogP contribution in [0, 0.1) is 5.92 Å². The molecular weight excluding hydrogens is 264 g/mol. The molecule has 1 aromatic rings. The van der Waals surface area contributed by atoms with Crippen molar-refractivity contribution in [1.29, 1.82) is 0 Å². The predicted octanol–water partition coefficient (Wildman–Crippen LogP) is 3.58. The van der Waals surface area contributed by atoms with Crippen LogP contribution in [0.1, 0.15) is 31.2 Å². The molecule has 5 heteroatoms. The average Bonchev–Trinajstić information content (AvgIpc) is 3.23. The van der Waals surface area contributed by atoms with E-state index in [4.69, 9.17) is 4.74 Å². The van der Waals surface area contributed by atoms with Gasteiger partial charge in [-0.25, -0.2) is 0 Å². The smallest absolute Gasteiger partial charge is 0.387 e. The third-order valence-electron chi connectivity index (χ3n) is 3.47. The Hall–Kier alpha value is -1.36. The van der Waals surface area contributed by atoms with Crippen LogP contribution >= 0.6 is 0 Å². The summed E-state index contributed by atoms with van der Waals surface area (Å²) in [7, 11) is 1.44. The summed E-state index contributed by atoms with van der Waals surface area (Å²) >= 11 is 0. The minimum absolute atomic E-state index is 0.125. The van der Waals surface area contributed by atoms with E-state index in [9.17, 15) is 8.78 Å². The summed E-state index contributed by atoms with van der Waals surface area (Å²) in [5, 5.41) is 3.27. The number of methoxy groups -OCH3 is 1. The maximum atomic E-state index is 12.5. The third kappa shape index (κ3) is 4.63. The van der Waals surface area contributed by atoms with Gasteiger partial charge in [0, 0.05) is 12.1 Å². The summed E-state index contributed by atoms with van der Waals surface area (Å²) in [6.07, 6.45) is 5.11. The second-order valence-corrected chi connectivity index (χ2v) is 5.09. The molecule has 0 spiro atoms. The first-order chi connectivity index (χ1) is 9.70. The third-order valence-corrected chi connectivity index (χ3v) is 3.47. The lowest BCUT2D eigenvalue weighted by Gasteiger charge is -2.14. The Kier molecular flexibility index (Phi) is 5.59. The first-order valence-corrected chi connectivity index (χ1v) is 7.02. The van der Waals surface area contributed by atoms with Crippen molar-refractivity contribution in [2.75, 3.05) is 13.7 Å². The molecule has 0 saturated heterocycles. The quantitative estimate of drug-likeness (QED) is 0.703. The van der Waals surface area contributed by atoms with E-state index in [1.807, 2.05) is 0 Å². The van der Waals surface area contributed by atoms with Gasteiger partial charge in [-0.1, -0.05) is 25.0 Å². The van der Waals surface area contributed by atoms with Crippen LogP contribution in [0.25, 0.3) is 0 Å². The van der Waals surface area contributed by atoms with Crippen LogP contribution in [0.15, 0.2) is 18.2 Å². The van der Waals surface area contributed by atoms with Crippen LogP contribution in [0.4, 0.5) is 8.78 Å². The number of rotatable bonds is 9. The standard InChI is InChI=1S/C15H21F2NO2/c1-19-13-6-2-5-12(14(13)20-15(16)17)10-18-9-3-4-11-7-8-11/h2,5-6,11,15,18H,3-4,7-10H2,1H3. The van der Waals surface area contributed by atoms with Crippen molar-refractivity contribution in [2.24, 2.45) is 5.92 Å². The van der Waals surface area contributed by atoms with Gasteiger partial charge in [-0.05, 0) is 31.4 Å². The summed E-state index contributed by atoms with van der Waals surface area (Å²) in [6, 6.07) is 5.17. The van der Waals surface area contributed by atoms with Gasteiger partial charge in [0.05, 0.1) is 7.11 Å². The fourth-order valence-electron chi connectivity index (χ4n) is 2.23. The van der Waals surface area contributed by atoms with Crippen molar-refractivity contribution in [2.45, 2.75) is 38.8 Å². The van der Waals surface area contributed by atoms with Crippen LogP contribution in [0.2, 0.25) is 0 Å². The van der Waals surface area contributed by atoms with E-state index in [-0.39, 0.29) is 5.75 Å². The van der Waals surface area contributed by atoms with Crippen LogP contribution in [-0.4, -0.2) is 20.3 Å². The van der Waals surface area contributed by atoms with Gasteiger partial charge in [-0.3, -0.25) is 0 Å². The van der Waals surface area contributed by atoms with Crippen LogP contribution in [0.3, 0.4) is 0 Å². The lowest BCUT2D eigenvalue weighted by atomic mass is 10.1. The molecule has 1 aliphatic carbocycles. The van der Waals surface area contributed by atoms with E-state index < -0.39 is 6.61 Å². The molecular formula is C15H21F2NO2. The normalized spacial score (nSPS) is 14.6. The molecule has 1 N–H and O–H groups in total. The maximum Gasteiger partial charge on any atom is 0.387 e. The Morgan fingerprint density at radius 2 is 2.15 bits per heavy atom. The Morgan fingerprint density at radius 3 is 2.80 bits per heavy atom. The molecule has 0 radical (unpaired) electrons. The summed E-state index contributed by atoms with van der Waals surface area (Å²) < 4.78 is 34.6. The van der Waals surface area contributed by atoms with Crippen molar-refractivity contribution in [3.8, 4) is 11.5 Å². The number of para-hydroxylation sites is 1. The number of nitrogens with one attached hydrogen (secondary N) is 1. The molecule has 1 saturated carbocycles. The molecule has 0 aliphatic heterocycles. The molecule has 0 amide bonds. The second kappa shape index (κ2) is 7.43. The Bertz CT molecular complexity index is 422. The molecule has 112 valence electrons. The van der Waals surface area contributed by atoms with Gasteiger partial charge >= 0.3 is 6.61 Å². The van der Waals surface area contributed by atoms with E-state index in [2.05, 4.69) is 10.1 Å². The van der Waals surface area contributed by atoms with Crippen LogP contribution in [-0.2, 0) is 6.54 Å². The molecule has 1 aromatic carbocycles. The highest BCUT2D eigenvalue weighted by Crippen LogP contribution is 2.34. The highest BCUT2D eigenvalue weighted by molar-refractivity contribution is 5.46. The zero-order chi connectivity index (χ0) is 14.4. The first-order valence-electron chi connectivity index (χ1n) is 7.02. The number of ether oxygens (including phenoxy) is 2. The molecule has 0 unspecified atom stereocenters. The summed E-state index contributed by atoms with van der Waals surface area (Å²) in [5.41, 5.74) is 0.691. The van der Waals surface area contributed by atoms with Gasteiger partial charge in [0.25, 0.3) is 0 Å². The summed E-state index contributed by atoms with van der Waals surface area (Å²) in [4.78, 5) is 0. The van der Waals surface area contributed by atoms with E-state index >= 15 is 0 Å². The van der Waals surface area contributed by atoms with Gasteiger partial charge in [-0.15, -0.1) is 0 Å². The summed E-state index contributed by atoms with van der Waals surface area (Å²) in [6.45, 7) is -1.45. The lowest BCUT2D eigenvalue weighted by molar-refractivity contribution is -0.0518. The molecule has 0 atom stereocenters. The van der Waals surface area contributed by atoms with Crippen LogP contribution < -0.4 is 14.8 Å². The molecule has 20 heavy (non-hydrogen) atoms. The predicted molar refractivity (Wildman–Crippen MR) is 73.3 cm³/mol. The molecule has 3 nitrogen and oxygen atoms in total. The zero-order valence-corrected chi connectivity index (χ0v) is 11.7. The van der Waals surface area contributed by atoms with Gasteiger partial charge in [0.15, 0.2) is 11.5 Å². The molecule has 1 fully saturated rings. The average molecular weight is 285 g/mol. The topological polar surface area (TPSA) is 30.5 Å². The highest BCUT2D eigenvalue weighted by Gasteiger charge is 2.20. The molecule has 1 aliphatic rings. The van der Waals surface area contributed by atoms with Crippen LogP contribution in [0.5, 0.6) is 11.5 Å².